The Morgan fingerprint density at radius 1 is 1.37 bits per heavy atom. The van der Waals surface area contributed by atoms with E-state index in [1.54, 1.807) is 0 Å². The van der Waals surface area contributed by atoms with E-state index in [2.05, 4.69) is 12.2 Å². The van der Waals surface area contributed by atoms with Crippen LogP contribution in [0.5, 0.6) is 0 Å². The van der Waals surface area contributed by atoms with Crippen molar-refractivity contribution in [2.75, 3.05) is 12.3 Å². The number of anilines is 1. The standard InChI is InChI=1S/C15H21FN2O/c1-15(7-3-2-4-8-15)10-18-14(19)12-9-11(17)5-6-13(12)16/h5-6,9H,2-4,7-8,10,17H2,1H3,(H,18,19). The van der Waals surface area contributed by atoms with Gasteiger partial charge in [-0.2, -0.15) is 0 Å². The molecule has 1 aromatic rings. The van der Waals surface area contributed by atoms with Crippen LogP contribution in [0.25, 0.3) is 0 Å². The smallest absolute Gasteiger partial charge is 0.254 e. The van der Waals surface area contributed by atoms with Gasteiger partial charge in [0.25, 0.3) is 5.91 Å². The average molecular weight is 264 g/mol. The summed E-state index contributed by atoms with van der Waals surface area (Å²) in [5.74, 6) is -0.905. The molecule has 1 aromatic carbocycles. The molecule has 1 amide bonds. The second-order valence-corrected chi connectivity index (χ2v) is 5.79. The molecule has 1 aliphatic carbocycles. The molecule has 4 heteroatoms. The number of nitrogens with one attached hydrogen (secondary N) is 1. The van der Waals surface area contributed by atoms with Gasteiger partial charge in [0.05, 0.1) is 5.56 Å². The molecule has 0 heterocycles. The van der Waals surface area contributed by atoms with Crippen molar-refractivity contribution >= 4 is 11.6 Å². The number of halogens is 1. The lowest BCUT2D eigenvalue weighted by molar-refractivity contribution is 0.0915. The number of nitrogens with two attached hydrogens (primary N) is 1. The van der Waals surface area contributed by atoms with Gasteiger partial charge >= 0.3 is 0 Å². The number of benzene rings is 1. The maximum absolute atomic E-state index is 13.6. The third kappa shape index (κ3) is 3.46. The first-order chi connectivity index (χ1) is 9.00. The van der Waals surface area contributed by atoms with E-state index < -0.39 is 5.82 Å². The Labute approximate surface area is 113 Å². The van der Waals surface area contributed by atoms with E-state index in [0.29, 0.717) is 12.2 Å². The molecule has 3 nitrogen and oxygen atoms in total. The lowest BCUT2D eigenvalue weighted by Crippen LogP contribution is -2.37. The molecule has 1 saturated carbocycles. The number of amides is 1. The molecule has 1 aliphatic rings. The Hall–Kier alpha value is -1.58. The van der Waals surface area contributed by atoms with Crippen LogP contribution in [-0.2, 0) is 0 Å². The van der Waals surface area contributed by atoms with Gasteiger partial charge in [0, 0.05) is 12.2 Å². The van der Waals surface area contributed by atoms with Crippen LogP contribution in [0.2, 0.25) is 0 Å². The fourth-order valence-corrected chi connectivity index (χ4v) is 2.69. The van der Waals surface area contributed by atoms with Crippen molar-refractivity contribution in [2.24, 2.45) is 5.41 Å². The van der Waals surface area contributed by atoms with Crippen LogP contribution in [-0.4, -0.2) is 12.5 Å². The fraction of sp³-hybridized carbons (Fsp3) is 0.533. The first-order valence-corrected chi connectivity index (χ1v) is 6.83. The summed E-state index contributed by atoms with van der Waals surface area (Å²) < 4.78 is 13.6. The van der Waals surface area contributed by atoms with Crippen LogP contribution in [0, 0.1) is 11.2 Å². The molecule has 0 aliphatic heterocycles. The summed E-state index contributed by atoms with van der Waals surface area (Å²) in [5.41, 5.74) is 6.15. The predicted octanol–water partition coefficient (Wildman–Crippen LogP) is 3.11. The number of carbonyl (C=O) groups excluding carboxylic acids is 1. The molecule has 0 unspecified atom stereocenters. The molecular formula is C15H21FN2O. The number of hydrogen-bond donors (Lipinski definition) is 2. The molecule has 0 saturated heterocycles. The zero-order valence-corrected chi connectivity index (χ0v) is 11.3. The number of rotatable bonds is 3. The molecule has 0 spiro atoms. The normalized spacial score (nSPS) is 18.0. The highest BCUT2D eigenvalue weighted by Crippen LogP contribution is 2.35. The summed E-state index contributed by atoms with van der Waals surface area (Å²) in [6, 6.07) is 4.06. The molecule has 0 atom stereocenters. The van der Waals surface area contributed by atoms with E-state index >= 15 is 0 Å². The number of nitrogen functional groups attached to an aromatic ring is 1. The molecule has 0 bridgehead atoms. The maximum atomic E-state index is 13.6. The topological polar surface area (TPSA) is 55.1 Å². The molecule has 2 rings (SSSR count). The van der Waals surface area contributed by atoms with Gasteiger partial charge in [0.2, 0.25) is 0 Å². The second-order valence-electron chi connectivity index (χ2n) is 5.79. The van der Waals surface area contributed by atoms with Crippen LogP contribution < -0.4 is 11.1 Å². The summed E-state index contributed by atoms with van der Waals surface area (Å²) in [6.45, 7) is 2.78. The molecule has 0 aromatic heterocycles. The van der Waals surface area contributed by atoms with Gasteiger partial charge in [-0.05, 0) is 36.5 Å². The quantitative estimate of drug-likeness (QED) is 0.824. The highest BCUT2D eigenvalue weighted by molar-refractivity contribution is 5.95. The van der Waals surface area contributed by atoms with Gasteiger partial charge in [-0.25, -0.2) is 4.39 Å². The molecule has 3 N–H and O–H groups in total. The van der Waals surface area contributed by atoms with Crippen molar-refractivity contribution in [1.29, 1.82) is 0 Å². The number of hydrogen-bond acceptors (Lipinski definition) is 2. The van der Waals surface area contributed by atoms with Gasteiger partial charge in [-0.1, -0.05) is 26.2 Å². The molecule has 1 fully saturated rings. The zero-order valence-electron chi connectivity index (χ0n) is 11.3. The van der Waals surface area contributed by atoms with E-state index in [1.807, 2.05) is 0 Å². The van der Waals surface area contributed by atoms with Gasteiger partial charge in [-0.3, -0.25) is 4.79 Å². The van der Waals surface area contributed by atoms with Gasteiger partial charge in [-0.15, -0.1) is 0 Å². The van der Waals surface area contributed by atoms with E-state index in [0.717, 1.165) is 12.8 Å². The first kappa shape index (κ1) is 13.8. The molecule has 104 valence electrons. The van der Waals surface area contributed by atoms with E-state index in [4.69, 9.17) is 5.73 Å². The molecular weight excluding hydrogens is 243 g/mol. The summed E-state index contributed by atoms with van der Waals surface area (Å²) in [5, 5.41) is 2.84. The summed E-state index contributed by atoms with van der Waals surface area (Å²) in [4.78, 5) is 12.0. The van der Waals surface area contributed by atoms with Crippen molar-refractivity contribution in [2.45, 2.75) is 39.0 Å². The zero-order chi connectivity index (χ0) is 13.9. The summed E-state index contributed by atoms with van der Waals surface area (Å²) in [7, 11) is 0. The van der Waals surface area contributed by atoms with Crippen molar-refractivity contribution in [1.82, 2.24) is 5.32 Å². The van der Waals surface area contributed by atoms with Crippen molar-refractivity contribution < 1.29 is 9.18 Å². The largest absolute Gasteiger partial charge is 0.399 e. The van der Waals surface area contributed by atoms with Gasteiger partial charge < -0.3 is 11.1 Å². The van der Waals surface area contributed by atoms with Crippen LogP contribution >= 0.6 is 0 Å². The van der Waals surface area contributed by atoms with Crippen LogP contribution in [0.3, 0.4) is 0 Å². The lowest BCUT2D eigenvalue weighted by atomic mass is 9.76. The Morgan fingerprint density at radius 2 is 2.05 bits per heavy atom. The van der Waals surface area contributed by atoms with Crippen LogP contribution in [0.4, 0.5) is 10.1 Å². The Kier molecular flexibility index (Phi) is 4.08. The minimum atomic E-state index is -0.527. The fourth-order valence-electron chi connectivity index (χ4n) is 2.69. The maximum Gasteiger partial charge on any atom is 0.254 e. The monoisotopic (exact) mass is 264 g/mol. The molecule has 19 heavy (non-hydrogen) atoms. The van der Waals surface area contributed by atoms with Crippen molar-refractivity contribution in [3.8, 4) is 0 Å². The summed E-state index contributed by atoms with van der Waals surface area (Å²) in [6.07, 6.45) is 5.92. The minimum Gasteiger partial charge on any atom is -0.399 e. The van der Waals surface area contributed by atoms with E-state index in [9.17, 15) is 9.18 Å². The van der Waals surface area contributed by atoms with Gasteiger partial charge in [0.15, 0.2) is 0 Å². The lowest BCUT2D eigenvalue weighted by Gasteiger charge is -2.33. The Morgan fingerprint density at radius 3 is 2.74 bits per heavy atom. The molecule has 0 radical (unpaired) electrons. The van der Waals surface area contributed by atoms with E-state index in [-0.39, 0.29) is 16.9 Å². The Bertz CT molecular complexity index is 467. The van der Waals surface area contributed by atoms with Crippen LogP contribution in [0.1, 0.15) is 49.4 Å². The third-order valence-corrected chi connectivity index (χ3v) is 3.97. The second kappa shape index (κ2) is 5.59. The van der Waals surface area contributed by atoms with Crippen LogP contribution in [0.15, 0.2) is 18.2 Å². The first-order valence-electron chi connectivity index (χ1n) is 6.83. The highest BCUT2D eigenvalue weighted by atomic mass is 19.1. The average Bonchev–Trinajstić information content (AvgIpc) is 2.40. The summed E-state index contributed by atoms with van der Waals surface area (Å²) >= 11 is 0. The Balaban J connectivity index is 1.99. The third-order valence-electron chi connectivity index (χ3n) is 3.97. The van der Waals surface area contributed by atoms with Crippen molar-refractivity contribution in [3.63, 3.8) is 0 Å². The van der Waals surface area contributed by atoms with E-state index in [1.165, 1.54) is 37.5 Å². The van der Waals surface area contributed by atoms with Gasteiger partial charge in [0.1, 0.15) is 5.82 Å². The number of carbonyl (C=O) groups is 1. The minimum absolute atomic E-state index is 0.0272. The highest BCUT2D eigenvalue weighted by Gasteiger charge is 2.27. The SMILES string of the molecule is CC1(CNC(=O)c2cc(N)ccc2F)CCCCC1. The van der Waals surface area contributed by atoms with Crippen molar-refractivity contribution in [3.05, 3.63) is 29.6 Å². The predicted molar refractivity (Wildman–Crippen MR) is 74.3 cm³/mol.